The minimum atomic E-state index is -0.888. The predicted molar refractivity (Wildman–Crippen MR) is 148 cm³/mol. The molecule has 0 spiro atoms. The Hall–Kier alpha value is -3.52. The van der Waals surface area contributed by atoms with E-state index in [2.05, 4.69) is 84.5 Å². The summed E-state index contributed by atoms with van der Waals surface area (Å²) in [6.07, 6.45) is 3.29. The zero-order valence-corrected chi connectivity index (χ0v) is 21.5. The summed E-state index contributed by atoms with van der Waals surface area (Å²) < 4.78 is 18.5. The third-order valence-corrected chi connectivity index (χ3v) is 7.23. The molecule has 3 aromatic carbocycles. The van der Waals surface area contributed by atoms with Crippen LogP contribution < -0.4 is 0 Å². The smallest absolute Gasteiger partial charge is 0.116 e. The molecule has 2 heteroatoms. The fraction of sp³-hybridized carbons (Fsp3) is 0.273. The maximum Gasteiger partial charge on any atom is 0.116 e. The second kappa shape index (κ2) is 9.26. The summed E-state index contributed by atoms with van der Waals surface area (Å²) in [5, 5.41) is 0. The number of fused-ring (bicyclic) bond motifs is 1. The van der Waals surface area contributed by atoms with Crippen molar-refractivity contribution in [2.75, 3.05) is 0 Å². The van der Waals surface area contributed by atoms with Crippen molar-refractivity contribution in [3.05, 3.63) is 118 Å². The van der Waals surface area contributed by atoms with Gasteiger partial charge >= 0.3 is 0 Å². The van der Waals surface area contributed by atoms with Crippen molar-refractivity contribution in [2.24, 2.45) is 0 Å². The van der Waals surface area contributed by atoms with E-state index in [1.807, 2.05) is 33.8 Å². The molecule has 0 amide bonds. The molecule has 1 heterocycles. The van der Waals surface area contributed by atoms with Gasteiger partial charge in [-0.3, -0.25) is 0 Å². The molecule has 176 valence electrons. The van der Waals surface area contributed by atoms with E-state index in [0.717, 1.165) is 27.9 Å². The summed E-state index contributed by atoms with van der Waals surface area (Å²) in [7, 11) is 0. The number of hydrogen-bond acceptors (Lipinski definition) is 2. The summed E-state index contributed by atoms with van der Waals surface area (Å²) in [5.74, 6) is -1.85. The molecule has 1 aliphatic carbocycles. The van der Waals surface area contributed by atoms with Gasteiger partial charge in [0.25, 0.3) is 0 Å². The first-order valence-electron chi connectivity index (χ1n) is 13.3. The van der Waals surface area contributed by atoms with Gasteiger partial charge in [-0.2, -0.15) is 0 Å². The standard InChI is InChI=1S/C33H34N2/c1-20(2)28-17-24(30-15-16-34-19-35-30)18-29(21(3)4)32(28)33-27-14-10-9-13-26(27)23(6)31(33)25-12-8-7-11-22(25)5/h7-21,33H,1-6H3/i20D,21D. The van der Waals surface area contributed by atoms with Crippen LogP contribution >= 0.6 is 0 Å². The van der Waals surface area contributed by atoms with E-state index in [-0.39, 0.29) is 5.92 Å². The van der Waals surface area contributed by atoms with Crippen molar-refractivity contribution in [3.8, 4) is 11.3 Å². The first kappa shape index (κ1) is 20.8. The molecule has 5 rings (SSSR count). The molecule has 0 saturated heterocycles. The second-order valence-electron chi connectivity index (χ2n) is 9.95. The molecule has 0 fully saturated rings. The molecule has 2 nitrogen and oxygen atoms in total. The largest absolute Gasteiger partial charge is 0.245 e. The second-order valence-corrected chi connectivity index (χ2v) is 9.95. The van der Waals surface area contributed by atoms with E-state index in [9.17, 15) is 2.74 Å². The Morgan fingerprint density at radius 1 is 0.800 bits per heavy atom. The van der Waals surface area contributed by atoms with Crippen LogP contribution in [0.2, 0.25) is 0 Å². The predicted octanol–water partition coefficient (Wildman–Crippen LogP) is 8.78. The number of aromatic nitrogens is 2. The summed E-state index contributed by atoms with van der Waals surface area (Å²) in [6, 6.07) is 23.3. The van der Waals surface area contributed by atoms with Crippen molar-refractivity contribution in [2.45, 2.75) is 59.2 Å². The first-order valence-corrected chi connectivity index (χ1v) is 12.3. The number of benzene rings is 3. The Morgan fingerprint density at radius 2 is 1.43 bits per heavy atom. The monoisotopic (exact) mass is 460 g/mol. The van der Waals surface area contributed by atoms with Crippen LogP contribution in [0.1, 0.15) is 94.0 Å². The van der Waals surface area contributed by atoms with Crippen LogP contribution in [-0.2, 0) is 0 Å². The molecule has 0 bridgehead atoms. The van der Waals surface area contributed by atoms with Crippen molar-refractivity contribution in [3.63, 3.8) is 0 Å². The van der Waals surface area contributed by atoms with Gasteiger partial charge in [-0.25, -0.2) is 9.97 Å². The Labute approximate surface area is 212 Å². The molecular weight excluding hydrogens is 424 g/mol. The molecule has 0 aliphatic heterocycles. The molecule has 0 saturated carbocycles. The van der Waals surface area contributed by atoms with Gasteiger partial charge in [-0.1, -0.05) is 76.2 Å². The van der Waals surface area contributed by atoms with E-state index < -0.39 is 11.8 Å². The third-order valence-electron chi connectivity index (χ3n) is 7.23. The number of nitrogens with zero attached hydrogens (tertiary/aromatic N) is 2. The van der Waals surface area contributed by atoms with Gasteiger partial charge in [0, 0.05) is 20.4 Å². The first-order chi connectivity index (χ1) is 17.5. The van der Waals surface area contributed by atoms with Crippen LogP contribution in [-0.4, -0.2) is 9.97 Å². The lowest BCUT2D eigenvalue weighted by Gasteiger charge is -2.29. The molecule has 0 radical (unpaired) electrons. The van der Waals surface area contributed by atoms with Crippen LogP contribution in [0.15, 0.2) is 79.3 Å². The van der Waals surface area contributed by atoms with Crippen molar-refractivity contribution in [1.82, 2.24) is 9.97 Å². The van der Waals surface area contributed by atoms with Crippen molar-refractivity contribution >= 4 is 11.1 Å². The topological polar surface area (TPSA) is 25.8 Å². The molecule has 1 unspecified atom stereocenters. The fourth-order valence-corrected chi connectivity index (χ4v) is 5.54. The summed E-state index contributed by atoms with van der Waals surface area (Å²) in [6.45, 7) is 12.2. The van der Waals surface area contributed by atoms with Gasteiger partial charge in [0.05, 0.1) is 5.69 Å². The molecular formula is C33H34N2. The van der Waals surface area contributed by atoms with Crippen molar-refractivity contribution < 1.29 is 2.74 Å². The van der Waals surface area contributed by atoms with Crippen LogP contribution in [0.5, 0.6) is 0 Å². The zero-order chi connectivity index (χ0) is 26.5. The highest BCUT2D eigenvalue weighted by Gasteiger charge is 2.35. The van der Waals surface area contributed by atoms with Gasteiger partial charge in [0.1, 0.15) is 6.33 Å². The number of aryl methyl sites for hydroxylation is 1. The Balaban J connectivity index is 1.91. The lowest BCUT2D eigenvalue weighted by Crippen LogP contribution is -2.12. The van der Waals surface area contributed by atoms with E-state index in [0.29, 0.717) is 0 Å². The number of rotatable bonds is 5. The van der Waals surface area contributed by atoms with Crippen LogP contribution in [0, 0.1) is 6.92 Å². The van der Waals surface area contributed by atoms with Crippen molar-refractivity contribution in [1.29, 1.82) is 0 Å². The molecule has 0 N–H and O–H groups in total. The highest BCUT2D eigenvalue weighted by Crippen LogP contribution is 2.53. The molecule has 35 heavy (non-hydrogen) atoms. The average molecular weight is 461 g/mol. The van der Waals surface area contributed by atoms with Crippen LogP contribution in [0.3, 0.4) is 0 Å². The number of allylic oxidation sites excluding steroid dienone is 2. The molecule has 1 aromatic heterocycles. The van der Waals surface area contributed by atoms with E-state index in [4.69, 9.17) is 0 Å². The Morgan fingerprint density at radius 3 is 2.03 bits per heavy atom. The minimum absolute atomic E-state index is 0.0731. The summed E-state index contributed by atoms with van der Waals surface area (Å²) >= 11 is 0. The SMILES string of the molecule is [2H]C(C)(C)c1cc(-c2ccncn2)cc(C([2H])(C)C)c1C1C(c2ccccc2C)=C(C)c2ccccc21. The van der Waals surface area contributed by atoms with E-state index in [1.54, 1.807) is 12.5 Å². The normalized spacial score (nSPS) is 16.7. The van der Waals surface area contributed by atoms with Gasteiger partial charge < -0.3 is 0 Å². The molecule has 4 aromatic rings. The Bertz CT molecular complexity index is 1470. The lowest BCUT2D eigenvalue weighted by molar-refractivity contribution is 0.793. The van der Waals surface area contributed by atoms with Crippen LogP contribution in [0.4, 0.5) is 0 Å². The highest BCUT2D eigenvalue weighted by atomic mass is 14.8. The van der Waals surface area contributed by atoms with Gasteiger partial charge in [-0.15, -0.1) is 0 Å². The Kier molecular flexibility index (Phi) is 5.51. The molecule has 1 aliphatic rings. The quantitative estimate of drug-likeness (QED) is 0.297. The summed E-state index contributed by atoms with van der Waals surface area (Å²) in [5.41, 5.74) is 12.1. The number of hydrogen-bond donors (Lipinski definition) is 0. The van der Waals surface area contributed by atoms with Gasteiger partial charge in [-0.05, 0) is 93.9 Å². The van der Waals surface area contributed by atoms with Gasteiger partial charge in [0.2, 0.25) is 0 Å². The maximum atomic E-state index is 9.27. The van der Waals surface area contributed by atoms with E-state index >= 15 is 0 Å². The summed E-state index contributed by atoms with van der Waals surface area (Å²) in [4.78, 5) is 8.59. The van der Waals surface area contributed by atoms with Crippen LogP contribution in [0.25, 0.3) is 22.4 Å². The lowest BCUT2D eigenvalue weighted by atomic mass is 9.75. The maximum absolute atomic E-state index is 9.27. The third kappa shape index (κ3) is 4.01. The minimum Gasteiger partial charge on any atom is -0.245 e. The zero-order valence-electron chi connectivity index (χ0n) is 23.5. The molecule has 1 atom stereocenters. The average Bonchev–Trinajstić information content (AvgIpc) is 3.15. The van der Waals surface area contributed by atoms with Gasteiger partial charge in [0.15, 0.2) is 0 Å². The van der Waals surface area contributed by atoms with E-state index in [1.165, 1.54) is 33.4 Å². The fourth-order valence-electron chi connectivity index (χ4n) is 5.54. The highest BCUT2D eigenvalue weighted by molar-refractivity contribution is 6.01.